The van der Waals surface area contributed by atoms with Crippen LogP contribution in [-0.4, -0.2) is 31.7 Å². The van der Waals surface area contributed by atoms with E-state index in [4.69, 9.17) is 0 Å². The predicted octanol–water partition coefficient (Wildman–Crippen LogP) is 3.43. The fraction of sp³-hybridized carbons (Fsp3) is 0.250. The molecule has 0 unspecified atom stereocenters. The predicted molar refractivity (Wildman–Crippen MR) is 103 cm³/mol. The Morgan fingerprint density at radius 2 is 1.69 bits per heavy atom. The number of rotatable bonds is 5. The molecule has 0 aromatic heterocycles. The highest BCUT2D eigenvalue weighted by molar-refractivity contribution is 7.89. The van der Waals surface area contributed by atoms with Crippen LogP contribution in [0.5, 0.6) is 0 Å². The van der Waals surface area contributed by atoms with Gasteiger partial charge in [-0.3, -0.25) is 4.79 Å². The summed E-state index contributed by atoms with van der Waals surface area (Å²) >= 11 is 0. The lowest BCUT2D eigenvalue weighted by atomic mass is 10.1. The number of amides is 1. The molecule has 0 bridgehead atoms. The Morgan fingerprint density at radius 3 is 2.35 bits per heavy atom. The highest BCUT2D eigenvalue weighted by atomic mass is 32.2. The molecule has 0 saturated carbocycles. The van der Waals surface area contributed by atoms with E-state index in [1.807, 2.05) is 31.2 Å². The van der Waals surface area contributed by atoms with Gasteiger partial charge in [0, 0.05) is 24.9 Å². The third-order valence-electron chi connectivity index (χ3n) is 4.43. The first-order valence-electron chi connectivity index (χ1n) is 8.62. The van der Waals surface area contributed by atoms with Gasteiger partial charge in [0.2, 0.25) is 15.9 Å². The summed E-state index contributed by atoms with van der Waals surface area (Å²) < 4.78 is 26.5. The summed E-state index contributed by atoms with van der Waals surface area (Å²) in [4.78, 5) is 12.3. The van der Waals surface area contributed by atoms with Gasteiger partial charge in [0.05, 0.1) is 4.90 Å². The van der Waals surface area contributed by atoms with E-state index in [0.29, 0.717) is 18.8 Å². The molecule has 26 heavy (non-hydrogen) atoms. The molecule has 1 saturated heterocycles. The Morgan fingerprint density at radius 1 is 1.04 bits per heavy atom. The van der Waals surface area contributed by atoms with Crippen LogP contribution in [0.4, 0.5) is 5.69 Å². The van der Waals surface area contributed by atoms with E-state index in [0.717, 1.165) is 24.0 Å². The summed E-state index contributed by atoms with van der Waals surface area (Å²) in [6.45, 7) is 3.13. The molecule has 2 aromatic carbocycles. The van der Waals surface area contributed by atoms with Crippen LogP contribution in [0.2, 0.25) is 0 Å². The van der Waals surface area contributed by atoms with Crippen LogP contribution in [0.25, 0.3) is 6.08 Å². The number of nitrogens with zero attached hydrogens (tertiary/aromatic N) is 1. The number of sulfonamides is 1. The zero-order valence-corrected chi connectivity index (χ0v) is 15.5. The third kappa shape index (κ3) is 4.20. The summed E-state index contributed by atoms with van der Waals surface area (Å²) in [6.07, 6.45) is 5.04. The minimum Gasteiger partial charge on any atom is -0.323 e. The average molecular weight is 370 g/mol. The van der Waals surface area contributed by atoms with Crippen LogP contribution in [-0.2, 0) is 14.8 Å². The summed E-state index contributed by atoms with van der Waals surface area (Å²) in [5, 5.41) is 2.75. The third-order valence-corrected chi connectivity index (χ3v) is 6.34. The molecule has 1 aliphatic rings. The van der Waals surface area contributed by atoms with Crippen LogP contribution < -0.4 is 5.32 Å². The number of hydrogen-bond donors (Lipinski definition) is 1. The minimum atomic E-state index is -3.43. The lowest BCUT2D eigenvalue weighted by Gasteiger charge is -2.15. The normalized spacial score (nSPS) is 15.4. The molecule has 0 atom stereocenters. The molecule has 0 aliphatic carbocycles. The van der Waals surface area contributed by atoms with Gasteiger partial charge in [-0.2, -0.15) is 4.31 Å². The molecule has 1 N–H and O–H groups in total. The number of carbonyl (C=O) groups is 1. The van der Waals surface area contributed by atoms with Crippen molar-refractivity contribution in [3.63, 3.8) is 0 Å². The van der Waals surface area contributed by atoms with Crippen LogP contribution in [0.3, 0.4) is 0 Å². The Kier molecular flexibility index (Phi) is 5.54. The monoisotopic (exact) mass is 370 g/mol. The fourth-order valence-corrected chi connectivity index (χ4v) is 4.43. The number of hydrogen-bond acceptors (Lipinski definition) is 3. The maximum absolute atomic E-state index is 12.5. The van der Waals surface area contributed by atoms with E-state index < -0.39 is 10.0 Å². The van der Waals surface area contributed by atoms with E-state index in [9.17, 15) is 13.2 Å². The Labute approximate surface area is 154 Å². The van der Waals surface area contributed by atoms with Gasteiger partial charge in [-0.25, -0.2) is 8.42 Å². The van der Waals surface area contributed by atoms with Crippen LogP contribution in [0, 0.1) is 6.92 Å². The van der Waals surface area contributed by atoms with Crippen molar-refractivity contribution in [3.8, 4) is 0 Å². The molecule has 2 aromatic rings. The second-order valence-electron chi connectivity index (χ2n) is 6.31. The number of benzene rings is 2. The molecule has 1 fully saturated rings. The SMILES string of the molecule is Cc1ccccc1/C=C/C(=O)Nc1ccc(S(=O)(=O)N2CCCC2)cc1. The second kappa shape index (κ2) is 7.85. The molecular formula is C20H22N2O3S. The first-order chi connectivity index (χ1) is 12.5. The Bertz CT molecular complexity index is 912. The zero-order chi connectivity index (χ0) is 18.6. The Hall–Kier alpha value is -2.44. The van der Waals surface area contributed by atoms with Gasteiger partial charge < -0.3 is 5.32 Å². The molecule has 0 radical (unpaired) electrons. The molecule has 1 amide bonds. The van der Waals surface area contributed by atoms with Crippen molar-refractivity contribution in [2.75, 3.05) is 18.4 Å². The van der Waals surface area contributed by atoms with Gasteiger partial charge in [-0.05, 0) is 61.2 Å². The minimum absolute atomic E-state index is 0.257. The molecule has 6 heteroatoms. The van der Waals surface area contributed by atoms with Crippen molar-refractivity contribution in [2.45, 2.75) is 24.7 Å². The van der Waals surface area contributed by atoms with Crippen LogP contribution in [0.1, 0.15) is 24.0 Å². The van der Waals surface area contributed by atoms with Crippen LogP contribution in [0.15, 0.2) is 59.5 Å². The molecule has 1 aliphatic heterocycles. The molecule has 1 heterocycles. The Balaban J connectivity index is 1.65. The summed E-state index contributed by atoms with van der Waals surface area (Å²) in [5.74, 6) is -0.261. The zero-order valence-electron chi connectivity index (χ0n) is 14.7. The van der Waals surface area contributed by atoms with Crippen molar-refractivity contribution >= 4 is 27.7 Å². The molecule has 3 rings (SSSR count). The maximum atomic E-state index is 12.5. The largest absolute Gasteiger partial charge is 0.323 e. The maximum Gasteiger partial charge on any atom is 0.248 e. The van der Waals surface area contributed by atoms with Crippen LogP contribution >= 0.6 is 0 Å². The fourth-order valence-electron chi connectivity index (χ4n) is 2.91. The van der Waals surface area contributed by atoms with Crippen molar-refractivity contribution in [1.82, 2.24) is 4.31 Å². The first-order valence-corrected chi connectivity index (χ1v) is 10.1. The van der Waals surface area contributed by atoms with Crippen molar-refractivity contribution < 1.29 is 13.2 Å². The van der Waals surface area contributed by atoms with Crippen molar-refractivity contribution in [2.24, 2.45) is 0 Å². The van der Waals surface area contributed by atoms with E-state index in [-0.39, 0.29) is 10.8 Å². The molecule has 0 spiro atoms. The number of anilines is 1. The number of aryl methyl sites for hydroxylation is 1. The lowest BCUT2D eigenvalue weighted by molar-refractivity contribution is -0.111. The van der Waals surface area contributed by atoms with Gasteiger partial charge in [0.25, 0.3) is 0 Å². The summed E-state index contributed by atoms with van der Waals surface area (Å²) in [7, 11) is -3.43. The average Bonchev–Trinajstić information content (AvgIpc) is 3.17. The van der Waals surface area contributed by atoms with Gasteiger partial charge in [-0.15, -0.1) is 0 Å². The standard InChI is InChI=1S/C20H22N2O3S/c1-16-6-2-3-7-17(16)8-13-20(23)21-18-9-11-19(12-10-18)26(24,25)22-14-4-5-15-22/h2-3,6-13H,4-5,14-15H2,1H3,(H,21,23)/b13-8+. The van der Waals surface area contributed by atoms with E-state index >= 15 is 0 Å². The van der Waals surface area contributed by atoms with Gasteiger partial charge in [0.15, 0.2) is 0 Å². The topological polar surface area (TPSA) is 66.5 Å². The number of carbonyl (C=O) groups excluding carboxylic acids is 1. The van der Waals surface area contributed by atoms with E-state index in [1.54, 1.807) is 18.2 Å². The molecule has 5 nitrogen and oxygen atoms in total. The van der Waals surface area contributed by atoms with Gasteiger partial charge in [-0.1, -0.05) is 24.3 Å². The first kappa shape index (κ1) is 18.4. The second-order valence-corrected chi connectivity index (χ2v) is 8.25. The highest BCUT2D eigenvalue weighted by Gasteiger charge is 2.26. The lowest BCUT2D eigenvalue weighted by Crippen LogP contribution is -2.27. The summed E-state index contributed by atoms with van der Waals surface area (Å²) in [6, 6.07) is 14.1. The van der Waals surface area contributed by atoms with Gasteiger partial charge in [0.1, 0.15) is 0 Å². The quantitative estimate of drug-likeness (QED) is 0.820. The van der Waals surface area contributed by atoms with Crippen molar-refractivity contribution in [1.29, 1.82) is 0 Å². The highest BCUT2D eigenvalue weighted by Crippen LogP contribution is 2.22. The van der Waals surface area contributed by atoms with E-state index in [2.05, 4.69) is 5.32 Å². The van der Waals surface area contributed by atoms with Crippen molar-refractivity contribution in [3.05, 3.63) is 65.7 Å². The van der Waals surface area contributed by atoms with E-state index in [1.165, 1.54) is 22.5 Å². The molecule has 136 valence electrons. The van der Waals surface area contributed by atoms with Gasteiger partial charge >= 0.3 is 0 Å². The number of nitrogens with one attached hydrogen (secondary N) is 1. The molecular weight excluding hydrogens is 348 g/mol. The summed E-state index contributed by atoms with van der Waals surface area (Å²) in [5.41, 5.74) is 2.63. The smallest absolute Gasteiger partial charge is 0.248 e.